The number of carbonyl (C=O) groups is 10. The van der Waals surface area contributed by atoms with Crippen LogP contribution in [0.25, 0.3) is 33.4 Å². The van der Waals surface area contributed by atoms with Crippen molar-refractivity contribution in [3.63, 3.8) is 0 Å². The fraction of sp³-hybridized carbons (Fsp3) is 0.391. The highest BCUT2D eigenvalue weighted by atomic mass is 35.5. The highest BCUT2D eigenvalue weighted by Gasteiger charge is 2.41. The lowest BCUT2D eigenvalue weighted by atomic mass is 9.90. The van der Waals surface area contributed by atoms with Gasteiger partial charge in [-0.1, -0.05) is 77.7 Å². The molecule has 100 heavy (non-hydrogen) atoms. The van der Waals surface area contributed by atoms with Gasteiger partial charge < -0.3 is 82.7 Å². The number of fused-ring (bicyclic) bond motifs is 3. The predicted octanol–water partition coefficient (Wildman–Crippen LogP) is 5.71. The van der Waals surface area contributed by atoms with Gasteiger partial charge in [0.1, 0.15) is 64.8 Å². The number of hydrogen-bond acceptors (Lipinski definition) is 18. The molecule has 0 spiro atoms. The third-order valence-electron chi connectivity index (χ3n) is 16.5. The highest BCUT2D eigenvalue weighted by molar-refractivity contribution is 8.76. The van der Waals surface area contributed by atoms with E-state index >= 15 is 0 Å². The zero-order valence-electron chi connectivity index (χ0n) is 54.9. The minimum atomic E-state index is -1.61. The summed E-state index contributed by atoms with van der Waals surface area (Å²) in [5.74, 6) is -8.52. The van der Waals surface area contributed by atoms with E-state index in [1.807, 2.05) is 13.8 Å². The Bertz CT molecular complexity index is 4070. The van der Waals surface area contributed by atoms with Crippen molar-refractivity contribution in [1.82, 2.24) is 47.4 Å². The lowest BCUT2D eigenvalue weighted by Crippen LogP contribution is -2.60. The van der Waals surface area contributed by atoms with Crippen molar-refractivity contribution in [1.29, 1.82) is 0 Å². The first-order valence-electron chi connectivity index (χ1n) is 32.4. The van der Waals surface area contributed by atoms with Crippen LogP contribution in [-0.4, -0.2) is 168 Å². The molecule has 3 heterocycles. The number of phenolic OH excluding ortho intramolecular Hbond substituents is 3. The Labute approximate surface area is 593 Å². The maximum Gasteiger partial charge on any atom is 0.336 e. The average Bonchev–Trinajstić information content (AvgIpc) is 0.939. The molecule has 27 nitrogen and oxygen atoms in total. The molecule has 4 aromatic rings. The molecule has 8 amide bonds. The molecule has 7 atom stereocenters. The standard InChI is InChI=1S/C69H79ClN10O17S3/c1-36(2)26-50-64(91)73-37(3)34-99-100-35-53(67(94)80-25-7-8-54(80)66(93)78-51(62(89)72-33-59(86)76-50)29-39-12-22-55(84)48(70)27-39)79-63(90)49(21-23-60(87)88)77-65(92)52(28-38-10-14-41(81)15-11-38)75-58(85)9-5-4-6-24-71-69(98)74-40-13-18-44(47(30-40)68(95)96)61-45-19-16-42(82)31-56(45)97-57-32-43(83)17-20-46(57)61/h10-20,22,27,30-32,36-37,49-54,81-82,84H,4-9,21,23-26,28-29,33-35H2,1-3H3,(H,72,89)(H,73,91)(H,75,85)(H,76,86)(H,77,92)(H,78,93)(H,79,90)(H,87,88)(H,95,96)(H2,71,74,98)/t37-,49-,50+,51+,52+,53+,54+/m1/s1. The molecule has 0 radical (unpaired) electrons. The third kappa shape index (κ3) is 21.7. The molecule has 2 saturated heterocycles. The number of amides is 8. The van der Waals surface area contributed by atoms with Crippen LogP contribution in [0.4, 0.5) is 5.69 Å². The van der Waals surface area contributed by atoms with Crippen molar-refractivity contribution in [2.45, 2.75) is 134 Å². The number of phenols is 3. The monoisotopic (exact) mass is 1450 g/mol. The summed E-state index contributed by atoms with van der Waals surface area (Å²) in [6.45, 7) is 5.27. The van der Waals surface area contributed by atoms with Gasteiger partial charge in [0.25, 0.3) is 0 Å². The van der Waals surface area contributed by atoms with E-state index in [0.29, 0.717) is 71.1 Å². The van der Waals surface area contributed by atoms with Gasteiger partial charge in [0.15, 0.2) is 10.5 Å². The molecule has 0 unspecified atom stereocenters. The van der Waals surface area contributed by atoms with Crippen molar-refractivity contribution in [2.75, 3.05) is 36.5 Å². The Morgan fingerprint density at radius 2 is 1.47 bits per heavy atom. The van der Waals surface area contributed by atoms with Gasteiger partial charge >= 0.3 is 11.9 Å². The summed E-state index contributed by atoms with van der Waals surface area (Å²) in [6.07, 6.45) is 0.549. The van der Waals surface area contributed by atoms with Gasteiger partial charge in [0.2, 0.25) is 47.3 Å². The summed E-state index contributed by atoms with van der Waals surface area (Å²) in [4.78, 5) is 152. The first-order chi connectivity index (χ1) is 47.7. The van der Waals surface area contributed by atoms with Gasteiger partial charge in [-0.25, -0.2) is 4.79 Å². The van der Waals surface area contributed by atoms with E-state index in [4.69, 9.17) is 28.2 Å². The van der Waals surface area contributed by atoms with Gasteiger partial charge in [0, 0.05) is 90.7 Å². The maximum atomic E-state index is 14.9. The molecule has 8 rings (SSSR count). The van der Waals surface area contributed by atoms with Crippen LogP contribution in [0.1, 0.15) is 100 Å². The summed E-state index contributed by atoms with van der Waals surface area (Å²) < 4.78 is 5.93. The number of carboxylic acids is 2. The second kappa shape index (κ2) is 35.9. The lowest BCUT2D eigenvalue weighted by Gasteiger charge is -2.31. The predicted molar refractivity (Wildman–Crippen MR) is 381 cm³/mol. The van der Waals surface area contributed by atoms with E-state index in [2.05, 4.69) is 47.9 Å². The van der Waals surface area contributed by atoms with E-state index < -0.39 is 121 Å². The lowest BCUT2D eigenvalue weighted by molar-refractivity contribution is -0.142. The molecule has 532 valence electrons. The summed E-state index contributed by atoms with van der Waals surface area (Å²) >= 11 is 11.8. The number of anilines is 1. The number of aliphatic carboxylic acids is 1. The Balaban J connectivity index is 0.926. The van der Waals surface area contributed by atoms with Crippen LogP contribution in [0.2, 0.25) is 5.02 Å². The van der Waals surface area contributed by atoms with Gasteiger partial charge in [-0.15, -0.1) is 0 Å². The van der Waals surface area contributed by atoms with Gasteiger partial charge in [-0.3, -0.25) is 47.9 Å². The topological polar surface area (TPSA) is 414 Å². The van der Waals surface area contributed by atoms with Gasteiger partial charge in [-0.2, -0.15) is 0 Å². The number of benzene rings is 5. The van der Waals surface area contributed by atoms with Crippen LogP contribution in [0.5, 0.6) is 17.2 Å². The number of nitrogens with zero attached hydrogens (tertiary/aromatic N) is 1. The summed E-state index contributed by atoms with van der Waals surface area (Å²) in [5, 5.41) is 76.3. The molecule has 0 saturated carbocycles. The smallest absolute Gasteiger partial charge is 0.336 e. The molecule has 4 aliphatic rings. The Morgan fingerprint density at radius 3 is 2.20 bits per heavy atom. The van der Waals surface area contributed by atoms with Crippen molar-refractivity contribution in [3.8, 4) is 39.7 Å². The summed E-state index contributed by atoms with van der Waals surface area (Å²) in [6, 6.07) is 14.8. The SMILES string of the molecule is CC(C)C[C@@H]1NC(=O)CNC(=O)[C@H](Cc2ccc(O)c(Cl)c2)NC(=O)[C@@H]2CCCN2C(=O)[C@@H](NC(=O)[C@@H](CCC(=O)O)NC(=O)[C@H](Cc2ccc(O)cc2)NC(=O)CCCCCNC(=S)Nc2ccc(-c3c4ccc(=O)cc-4oc4cc(O)ccc34)c(C(=O)O)c2)CSSC[C@@H](C)NC1=O. The molecular formula is C69H79ClN10O17S3. The Hall–Kier alpha value is -9.65. The number of thiocarbonyl (C=S) groups is 1. The van der Waals surface area contributed by atoms with E-state index in [-0.39, 0.29) is 106 Å². The largest absolute Gasteiger partial charge is 0.508 e. The Morgan fingerprint density at radius 1 is 0.740 bits per heavy atom. The van der Waals surface area contributed by atoms with Crippen LogP contribution in [0.15, 0.2) is 106 Å². The van der Waals surface area contributed by atoms with Gasteiger partial charge in [-0.05, 0) is 141 Å². The summed E-state index contributed by atoms with van der Waals surface area (Å²) in [5.41, 5.74) is 2.33. The van der Waals surface area contributed by atoms with Crippen LogP contribution < -0.4 is 53.3 Å². The number of carboxylic acid groups (broad SMARTS) is 2. The Kier molecular flexibility index (Phi) is 27.3. The van der Waals surface area contributed by atoms with E-state index in [1.165, 1.54) is 88.5 Å². The number of carbonyl (C=O) groups excluding carboxylic acids is 8. The van der Waals surface area contributed by atoms with E-state index in [0.717, 1.165) is 10.8 Å². The first kappa shape index (κ1) is 76.1. The molecule has 0 aromatic heterocycles. The number of aromatic carboxylic acids is 1. The van der Waals surface area contributed by atoms with Crippen molar-refractivity contribution >= 4 is 126 Å². The quantitative estimate of drug-likeness (QED) is 0.0158. The first-order valence-corrected chi connectivity index (χ1v) is 35.7. The normalized spacial score (nSPS) is 18.7. The third-order valence-corrected chi connectivity index (χ3v) is 19.6. The number of rotatable bonds is 23. The molecule has 14 N–H and O–H groups in total. The molecule has 31 heteroatoms. The molecular weight excluding hydrogens is 1370 g/mol. The molecule has 1 aliphatic carbocycles. The summed E-state index contributed by atoms with van der Waals surface area (Å²) in [7, 11) is 2.39. The average molecular weight is 1450 g/mol. The van der Waals surface area contributed by atoms with E-state index in [9.17, 15) is 78.3 Å². The van der Waals surface area contributed by atoms with Crippen LogP contribution in [0, 0.1) is 5.92 Å². The van der Waals surface area contributed by atoms with Crippen molar-refractivity contribution in [3.05, 3.63) is 129 Å². The minimum Gasteiger partial charge on any atom is -0.508 e. The molecule has 3 aliphatic heterocycles. The molecule has 2 fully saturated rings. The van der Waals surface area contributed by atoms with Gasteiger partial charge in [0.05, 0.1) is 17.1 Å². The minimum absolute atomic E-state index is 0.0351. The highest BCUT2D eigenvalue weighted by Crippen LogP contribution is 2.42. The van der Waals surface area contributed by atoms with E-state index in [1.54, 1.807) is 31.2 Å². The van der Waals surface area contributed by atoms with Crippen LogP contribution >= 0.6 is 45.4 Å². The van der Waals surface area contributed by atoms with Crippen molar-refractivity contribution in [2.24, 2.45) is 5.92 Å². The fourth-order valence-electron chi connectivity index (χ4n) is 11.5. The number of halogens is 1. The van der Waals surface area contributed by atoms with Crippen LogP contribution in [-0.2, 0) is 56.0 Å². The second-order valence-corrected chi connectivity index (χ2v) is 28.2. The molecule has 4 aromatic carbocycles. The number of hydrogen-bond donors (Lipinski definition) is 14. The van der Waals surface area contributed by atoms with Crippen molar-refractivity contribution < 1.29 is 77.9 Å². The van der Waals surface area contributed by atoms with Crippen LogP contribution in [0.3, 0.4) is 0 Å². The number of unbranched alkanes of at least 4 members (excludes halogenated alkanes) is 2. The fourth-order valence-corrected chi connectivity index (χ4v) is 14.4. The second-order valence-electron chi connectivity index (χ2n) is 24.8. The number of aromatic hydroxyl groups is 3. The number of nitrogens with one attached hydrogen (secondary N) is 9. The zero-order chi connectivity index (χ0) is 72.3. The molecule has 0 bridgehead atoms. The zero-order valence-corrected chi connectivity index (χ0v) is 58.1. The maximum absolute atomic E-state index is 14.9.